The van der Waals surface area contributed by atoms with Crippen LogP contribution in [0.4, 0.5) is 4.79 Å². The van der Waals surface area contributed by atoms with Crippen LogP contribution >= 0.6 is 11.6 Å². The number of nitrogens with one attached hydrogen (secondary N) is 1. The predicted octanol–water partition coefficient (Wildman–Crippen LogP) is 2.87. The molecule has 1 aromatic rings. The summed E-state index contributed by atoms with van der Waals surface area (Å²) in [5, 5.41) is 9.41. The Hall–Kier alpha value is -1.55. The molecule has 0 saturated carbocycles. The van der Waals surface area contributed by atoms with Crippen molar-refractivity contribution in [2.45, 2.75) is 26.3 Å². The van der Waals surface area contributed by atoms with Crippen LogP contribution in [0, 0.1) is 0 Å². The molecule has 96 valence electrons. The van der Waals surface area contributed by atoms with E-state index in [4.69, 9.17) is 11.6 Å². The van der Waals surface area contributed by atoms with E-state index < -0.39 is 0 Å². The van der Waals surface area contributed by atoms with Gasteiger partial charge in [-0.15, -0.1) is 0 Å². The summed E-state index contributed by atoms with van der Waals surface area (Å²) >= 11 is 5.85. The monoisotopic (exact) mass is 265 g/mol. The molecule has 0 atom stereocenters. The average molecular weight is 266 g/mol. The zero-order chi connectivity index (χ0) is 13.3. The van der Waals surface area contributed by atoms with E-state index in [1.807, 2.05) is 45.0 Å². The molecular weight excluding hydrogens is 250 g/mol. The minimum absolute atomic E-state index is 0.166. The van der Waals surface area contributed by atoms with Gasteiger partial charge in [-0.05, 0) is 38.5 Å². The summed E-state index contributed by atoms with van der Waals surface area (Å²) in [5.41, 5.74) is 1.46. The summed E-state index contributed by atoms with van der Waals surface area (Å²) in [6, 6.07) is 7.27. The number of hydrogen-bond acceptors (Lipinski definition) is 2. The molecule has 2 amide bonds. The van der Waals surface area contributed by atoms with Gasteiger partial charge in [0, 0.05) is 5.02 Å². The van der Waals surface area contributed by atoms with Crippen LogP contribution in [-0.4, -0.2) is 28.8 Å². The molecular formula is C13H16ClN3O. The Labute approximate surface area is 112 Å². The second-order valence-corrected chi connectivity index (χ2v) is 5.63. The van der Waals surface area contributed by atoms with Crippen LogP contribution < -0.4 is 5.32 Å². The van der Waals surface area contributed by atoms with E-state index in [0.717, 1.165) is 11.3 Å². The van der Waals surface area contributed by atoms with Crippen molar-refractivity contribution in [3.8, 4) is 0 Å². The van der Waals surface area contributed by atoms with Crippen LogP contribution in [0.2, 0.25) is 5.02 Å². The molecule has 0 fully saturated rings. The van der Waals surface area contributed by atoms with Crippen molar-refractivity contribution in [2.24, 2.45) is 5.10 Å². The van der Waals surface area contributed by atoms with Gasteiger partial charge in [0.1, 0.15) is 0 Å². The highest BCUT2D eigenvalue weighted by Gasteiger charge is 2.30. The zero-order valence-electron chi connectivity index (χ0n) is 10.7. The van der Waals surface area contributed by atoms with Gasteiger partial charge < -0.3 is 5.32 Å². The van der Waals surface area contributed by atoms with E-state index in [1.54, 1.807) is 0 Å². The summed E-state index contributed by atoms with van der Waals surface area (Å²) in [6.07, 6.45) is 0. The molecule has 2 rings (SSSR count). The first-order valence-electron chi connectivity index (χ1n) is 5.79. The van der Waals surface area contributed by atoms with Gasteiger partial charge in [0.15, 0.2) is 0 Å². The fourth-order valence-electron chi connectivity index (χ4n) is 1.69. The standard InChI is InChI=1S/C13H16ClN3O/c1-13(2,3)17-12(18)15-8-11(16-17)9-4-6-10(14)7-5-9/h4-7H,8H2,1-3H3,(H,15,18). The third-order valence-corrected chi connectivity index (χ3v) is 2.88. The Morgan fingerprint density at radius 3 is 2.44 bits per heavy atom. The van der Waals surface area contributed by atoms with Crippen LogP contribution in [-0.2, 0) is 0 Å². The fourth-order valence-corrected chi connectivity index (χ4v) is 1.82. The van der Waals surface area contributed by atoms with E-state index in [2.05, 4.69) is 10.4 Å². The maximum Gasteiger partial charge on any atom is 0.338 e. The van der Waals surface area contributed by atoms with Crippen molar-refractivity contribution in [3.05, 3.63) is 34.9 Å². The normalized spacial score (nSPS) is 16.3. The van der Waals surface area contributed by atoms with Gasteiger partial charge in [0.25, 0.3) is 0 Å². The number of benzene rings is 1. The van der Waals surface area contributed by atoms with E-state index in [0.29, 0.717) is 11.6 Å². The lowest BCUT2D eigenvalue weighted by molar-refractivity contribution is 0.145. The Balaban J connectivity index is 2.34. The molecule has 1 aromatic carbocycles. The molecule has 18 heavy (non-hydrogen) atoms. The number of carbonyl (C=O) groups is 1. The molecule has 0 bridgehead atoms. The summed E-state index contributed by atoms with van der Waals surface area (Å²) in [5.74, 6) is 0. The lowest BCUT2D eigenvalue weighted by atomic mass is 10.1. The molecule has 4 nitrogen and oxygen atoms in total. The Bertz CT molecular complexity index is 488. The number of hydrogen-bond donors (Lipinski definition) is 1. The van der Waals surface area contributed by atoms with Crippen molar-refractivity contribution in [1.82, 2.24) is 10.3 Å². The van der Waals surface area contributed by atoms with Crippen LogP contribution in [0.1, 0.15) is 26.3 Å². The number of urea groups is 1. The summed E-state index contributed by atoms with van der Waals surface area (Å²) in [7, 11) is 0. The number of hydrazone groups is 1. The van der Waals surface area contributed by atoms with Gasteiger partial charge >= 0.3 is 6.03 Å². The largest absolute Gasteiger partial charge is 0.338 e. The third-order valence-electron chi connectivity index (χ3n) is 2.63. The predicted molar refractivity (Wildman–Crippen MR) is 73.0 cm³/mol. The minimum atomic E-state index is -0.345. The van der Waals surface area contributed by atoms with Crippen LogP contribution in [0.25, 0.3) is 0 Å². The number of carbonyl (C=O) groups excluding carboxylic acids is 1. The number of nitrogens with zero attached hydrogens (tertiary/aromatic N) is 2. The second-order valence-electron chi connectivity index (χ2n) is 5.19. The SMILES string of the molecule is CC(C)(C)N1N=C(c2ccc(Cl)cc2)CNC1=O. The highest BCUT2D eigenvalue weighted by molar-refractivity contribution is 6.30. The second kappa shape index (κ2) is 4.61. The summed E-state index contributed by atoms with van der Waals surface area (Å²) in [4.78, 5) is 11.8. The first kappa shape index (κ1) is 12.9. The van der Waals surface area contributed by atoms with Gasteiger partial charge in [-0.1, -0.05) is 23.7 Å². The molecule has 1 heterocycles. The van der Waals surface area contributed by atoms with Gasteiger partial charge in [-0.3, -0.25) is 0 Å². The molecule has 0 unspecified atom stereocenters. The van der Waals surface area contributed by atoms with Crippen molar-refractivity contribution in [1.29, 1.82) is 0 Å². The van der Waals surface area contributed by atoms with E-state index in [1.165, 1.54) is 5.01 Å². The molecule has 1 aliphatic heterocycles. The van der Waals surface area contributed by atoms with Crippen LogP contribution in [0.5, 0.6) is 0 Å². The van der Waals surface area contributed by atoms with Crippen LogP contribution in [0.15, 0.2) is 29.4 Å². The molecule has 0 saturated heterocycles. The van der Waals surface area contributed by atoms with Crippen molar-refractivity contribution in [2.75, 3.05) is 6.54 Å². The fraction of sp³-hybridized carbons (Fsp3) is 0.385. The molecule has 0 aromatic heterocycles. The van der Waals surface area contributed by atoms with E-state index in [-0.39, 0.29) is 11.6 Å². The Morgan fingerprint density at radius 1 is 1.28 bits per heavy atom. The quantitative estimate of drug-likeness (QED) is 0.834. The topological polar surface area (TPSA) is 44.7 Å². The lowest BCUT2D eigenvalue weighted by Crippen LogP contribution is -2.52. The Kier molecular flexibility index (Phi) is 3.30. The van der Waals surface area contributed by atoms with Gasteiger partial charge in [-0.2, -0.15) is 5.10 Å². The lowest BCUT2D eigenvalue weighted by Gasteiger charge is -2.34. The van der Waals surface area contributed by atoms with Crippen molar-refractivity contribution >= 4 is 23.3 Å². The number of halogens is 1. The highest BCUT2D eigenvalue weighted by atomic mass is 35.5. The maximum atomic E-state index is 11.8. The number of amides is 2. The smallest absolute Gasteiger partial charge is 0.331 e. The summed E-state index contributed by atoms with van der Waals surface area (Å²) in [6.45, 7) is 6.27. The number of rotatable bonds is 1. The molecule has 0 radical (unpaired) electrons. The van der Waals surface area contributed by atoms with Gasteiger partial charge in [0.05, 0.1) is 17.8 Å². The maximum absolute atomic E-state index is 11.8. The van der Waals surface area contributed by atoms with Crippen LogP contribution in [0.3, 0.4) is 0 Å². The highest BCUT2D eigenvalue weighted by Crippen LogP contribution is 2.18. The zero-order valence-corrected chi connectivity index (χ0v) is 11.5. The Morgan fingerprint density at radius 2 is 1.89 bits per heavy atom. The van der Waals surface area contributed by atoms with E-state index >= 15 is 0 Å². The molecule has 5 heteroatoms. The molecule has 1 aliphatic rings. The van der Waals surface area contributed by atoms with E-state index in [9.17, 15) is 4.79 Å². The molecule has 0 aliphatic carbocycles. The van der Waals surface area contributed by atoms with Crippen molar-refractivity contribution in [3.63, 3.8) is 0 Å². The molecule has 1 N–H and O–H groups in total. The van der Waals surface area contributed by atoms with Crippen molar-refractivity contribution < 1.29 is 4.79 Å². The minimum Gasteiger partial charge on any atom is -0.331 e. The third kappa shape index (κ3) is 2.64. The van der Waals surface area contributed by atoms with Gasteiger partial charge in [0.2, 0.25) is 0 Å². The average Bonchev–Trinajstić information content (AvgIpc) is 2.29. The van der Waals surface area contributed by atoms with Gasteiger partial charge in [-0.25, -0.2) is 9.80 Å². The molecule has 0 spiro atoms. The summed E-state index contributed by atoms with van der Waals surface area (Å²) < 4.78 is 0. The first-order chi connectivity index (χ1) is 8.38. The first-order valence-corrected chi connectivity index (χ1v) is 6.17.